The lowest BCUT2D eigenvalue weighted by Crippen LogP contribution is -2.46. The number of carbonyl (C=O) groups is 1. The van der Waals surface area contributed by atoms with Crippen molar-refractivity contribution in [3.8, 4) is 0 Å². The van der Waals surface area contributed by atoms with Crippen molar-refractivity contribution >= 4 is 5.91 Å². The Kier molecular flexibility index (Phi) is 5.54. The number of piperidine rings is 1. The van der Waals surface area contributed by atoms with E-state index < -0.39 is 0 Å². The van der Waals surface area contributed by atoms with E-state index in [9.17, 15) is 14.4 Å². The van der Waals surface area contributed by atoms with Crippen LogP contribution in [0.2, 0.25) is 0 Å². The molecule has 1 N–H and O–H groups in total. The topological polar surface area (TPSA) is 78.4 Å². The van der Waals surface area contributed by atoms with Crippen LogP contribution in [0.3, 0.4) is 0 Å². The Bertz CT molecular complexity index is 618. The van der Waals surface area contributed by atoms with Crippen molar-refractivity contribution in [3.63, 3.8) is 0 Å². The number of carbonyl (C=O) groups excluding carboxylic acids is 1. The molecule has 0 aliphatic carbocycles. The molecule has 1 fully saturated rings. The average molecular weight is 308 g/mol. The quantitative estimate of drug-likeness (QED) is 0.835. The molecule has 7 heteroatoms. The highest BCUT2D eigenvalue weighted by Crippen LogP contribution is 2.19. The van der Waals surface area contributed by atoms with Gasteiger partial charge < -0.3 is 4.90 Å². The summed E-state index contributed by atoms with van der Waals surface area (Å²) in [6, 6.07) is 2.49. The summed E-state index contributed by atoms with van der Waals surface area (Å²) in [4.78, 5) is 39.4. The van der Waals surface area contributed by atoms with Crippen LogP contribution < -0.4 is 11.1 Å². The van der Waals surface area contributed by atoms with Crippen molar-refractivity contribution in [1.82, 2.24) is 19.6 Å². The number of hydrogen-bond donors (Lipinski definition) is 1. The summed E-state index contributed by atoms with van der Waals surface area (Å²) in [5, 5.41) is 2.52. The third-order valence-corrected chi connectivity index (χ3v) is 4.16. The summed E-state index contributed by atoms with van der Waals surface area (Å²) in [5.74, 6) is 0.156. The van der Waals surface area contributed by atoms with Crippen molar-refractivity contribution in [3.05, 3.63) is 32.8 Å². The third kappa shape index (κ3) is 3.85. The summed E-state index contributed by atoms with van der Waals surface area (Å²) in [5.41, 5.74) is -0.538. The van der Waals surface area contributed by atoms with Gasteiger partial charge >= 0.3 is 0 Å². The second-order valence-corrected chi connectivity index (χ2v) is 5.64. The second kappa shape index (κ2) is 7.40. The van der Waals surface area contributed by atoms with E-state index in [-0.39, 0.29) is 22.9 Å². The minimum atomic E-state index is -0.299. The van der Waals surface area contributed by atoms with Gasteiger partial charge in [-0.3, -0.25) is 24.4 Å². The van der Waals surface area contributed by atoms with E-state index in [0.29, 0.717) is 13.2 Å². The fraction of sp³-hybridized carbons (Fsp3) is 0.667. The molecule has 1 aliphatic heterocycles. The highest BCUT2D eigenvalue weighted by molar-refractivity contribution is 5.79. The van der Waals surface area contributed by atoms with Crippen LogP contribution >= 0.6 is 0 Å². The minimum absolute atomic E-state index is 0.0280. The number of nitrogens with zero attached hydrogens (tertiary/aromatic N) is 3. The van der Waals surface area contributed by atoms with E-state index in [1.54, 1.807) is 0 Å². The predicted molar refractivity (Wildman–Crippen MR) is 83.5 cm³/mol. The van der Waals surface area contributed by atoms with E-state index >= 15 is 0 Å². The first-order valence-corrected chi connectivity index (χ1v) is 7.86. The maximum absolute atomic E-state index is 12.5. The Morgan fingerprint density at radius 3 is 2.73 bits per heavy atom. The molecule has 1 aromatic rings. The molecule has 122 valence electrons. The third-order valence-electron chi connectivity index (χ3n) is 4.16. The fourth-order valence-electron chi connectivity index (χ4n) is 2.95. The number of hydrogen-bond acceptors (Lipinski definition) is 4. The van der Waals surface area contributed by atoms with Crippen LogP contribution in [0.4, 0.5) is 0 Å². The first-order chi connectivity index (χ1) is 10.5. The number of likely N-dealkylation sites (tertiary alicyclic amines) is 1. The van der Waals surface area contributed by atoms with Crippen LogP contribution in [0.5, 0.6) is 0 Å². The zero-order chi connectivity index (χ0) is 16.1. The standard InChI is InChI=1S/C15H24N4O3/c1-3-18(4-2)15(22)12-6-5-9-17(10-12)11-19-14(21)8-7-13(20)16-19/h7-8,12H,3-6,9-11H2,1-2H3,(H,16,20)/t12-/m0/s1. The zero-order valence-electron chi connectivity index (χ0n) is 13.2. The van der Waals surface area contributed by atoms with E-state index in [2.05, 4.69) is 5.10 Å². The first-order valence-electron chi connectivity index (χ1n) is 7.86. The number of nitrogens with one attached hydrogen (secondary N) is 1. The van der Waals surface area contributed by atoms with Gasteiger partial charge in [0.15, 0.2) is 0 Å². The van der Waals surface area contributed by atoms with Crippen molar-refractivity contribution in [2.24, 2.45) is 5.92 Å². The highest BCUT2D eigenvalue weighted by Gasteiger charge is 2.28. The lowest BCUT2D eigenvalue weighted by Gasteiger charge is -2.34. The molecule has 22 heavy (non-hydrogen) atoms. The summed E-state index contributed by atoms with van der Waals surface area (Å²) in [7, 11) is 0. The smallest absolute Gasteiger partial charge is 0.266 e. The molecule has 0 aromatic carbocycles. The van der Waals surface area contributed by atoms with Gasteiger partial charge in [0.1, 0.15) is 0 Å². The molecular formula is C15H24N4O3. The predicted octanol–water partition coefficient (Wildman–Crippen LogP) is 0.0745. The van der Waals surface area contributed by atoms with Crippen LogP contribution in [0.15, 0.2) is 21.7 Å². The molecule has 1 atom stereocenters. The molecule has 1 aromatic heterocycles. The van der Waals surface area contributed by atoms with Gasteiger partial charge in [0, 0.05) is 31.8 Å². The summed E-state index contributed by atoms with van der Waals surface area (Å²) in [6.07, 6.45) is 1.80. The van der Waals surface area contributed by atoms with Gasteiger partial charge in [-0.25, -0.2) is 4.68 Å². The lowest BCUT2D eigenvalue weighted by atomic mass is 9.97. The maximum atomic E-state index is 12.5. The SMILES string of the molecule is CCN(CC)C(=O)[C@H]1CCCN(Cn2[nH]c(=O)ccc2=O)C1. The molecule has 0 spiro atoms. The fourth-order valence-corrected chi connectivity index (χ4v) is 2.95. The molecule has 1 amide bonds. The van der Waals surface area contributed by atoms with E-state index in [1.807, 2.05) is 23.6 Å². The lowest BCUT2D eigenvalue weighted by molar-refractivity contribution is -0.137. The van der Waals surface area contributed by atoms with Gasteiger partial charge in [0.25, 0.3) is 11.1 Å². The van der Waals surface area contributed by atoms with Crippen molar-refractivity contribution < 1.29 is 4.79 Å². The van der Waals surface area contributed by atoms with Gasteiger partial charge in [-0.2, -0.15) is 0 Å². The van der Waals surface area contributed by atoms with Gasteiger partial charge in [-0.15, -0.1) is 0 Å². The second-order valence-electron chi connectivity index (χ2n) is 5.64. The molecule has 2 heterocycles. The van der Waals surface area contributed by atoms with Crippen LogP contribution in [-0.2, 0) is 11.5 Å². The van der Waals surface area contributed by atoms with Crippen LogP contribution in [0.25, 0.3) is 0 Å². The molecule has 1 aliphatic rings. The molecule has 0 unspecified atom stereocenters. The largest absolute Gasteiger partial charge is 0.343 e. The normalized spacial score (nSPS) is 19.1. The highest BCUT2D eigenvalue weighted by atomic mass is 16.2. The number of aromatic amines is 1. The van der Waals surface area contributed by atoms with Crippen LogP contribution in [-0.4, -0.2) is 51.7 Å². The first kappa shape index (κ1) is 16.5. The Balaban J connectivity index is 2.04. The van der Waals surface area contributed by atoms with Crippen molar-refractivity contribution in [2.45, 2.75) is 33.4 Å². The Morgan fingerprint density at radius 1 is 1.32 bits per heavy atom. The van der Waals surface area contributed by atoms with Crippen LogP contribution in [0.1, 0.15) is 26.7 Å². The molecular weight excluding hydrogens is 284 g/mol. The Labute approximate surface area is 129 Å². The van der Waals surface area contributed by atoms with Crippen LogP contribution in [0, 0.1) is 5.92 Å². The van der Waals surface area contributed by atoms with Gasteiger partial charge in [0.2, 0.25) is 5.91 Å². The summed E-state index contributed by atoms with van der Waals surface area (Å²) >= 11 is 0. The van der Waals surface area contributed by atoms with Crippen molar-refractivity contribution in [2.75, 3.05) is 26.2 Å². The van der Waals surface area contributed by atoms with Gasteiger partial charge in [-0.05, 0) is 33.2 Å². The molecule has 1 saturated heterocycles. The van der Waals surface area contributed by atoms with Gasteiger partial charge in [0.05, 0.1) is 12.6 Å². The number of rotatable bonds is 5. The molecule has 0 bridgehead atoms. The van der Waals surface area contributed by atoms with Crippen molar-refractivity contribution in [1.29, 1.82) is 0 Å². The Morgan fingerprint density at radius 2 is 2.05 bits per heavy atom. The minimum Gasteiger partial charge on any atom is -0.343 e. The zero-order valence-corrected chi connectivity index (χ0v) is 13.2. The monoisotopic (exact) mass is 308 g/mol. The Hall–Kier alpha value is -1.89. The van der Waals surface area contributed by atoms with E-state index in [0.717, 1.165) is 32.5 Å². The molecule has 0 saturated carbocycles. The maximum Gasteiger partial charge on any atom is 0.266 e. The summed E-state index contributed by atoms with van der Waals surface area (Å²) < 4.78 is 1.30. The molecule has 7 nitrogen and oxygen atoms in total. The molecule has 0 radical (unpaired) electrons. The van der Waals surface area contributed by atoms with E-state index in [4.69, 9.17) is 0 Å². The number of H-pyrrole nitrogens is 1. The average Bonchev–Trinajstić information content (AvgIpc) is 2.52. The van der Waals surface area contributed by atoms with Gasteiger partial charge in [-0.1, -0.05) is 0 Å². The van der Waals surface area contributed by atoms with E-state index in [1.165, 1.54) is 16.8 Å². The number of aromatic nitrogens is 2. The summed E-state index contributed by atoms with van der Waals surface area (Å²) in [6.45, 7) is 7.17. The number of amides is 1. The molecule has 2 rings (SSSR count).